The predicted octanol–water partition coefficient (Wildman–Crippen LogP) is 1.40. The van der Waals surface area contributed by atoms with Crippen LogP contribution in [0, 0.1) is 0 Å². The zero-order valence-corrected chi connectivity index (χ0v) is 9.19. The second-order valence-electron chi connectivity index (χ2n) is 3.47. The quantitative estimate of drug-likeness (QED) is 0.824. The fourth-order valence-electron chi connectivity index (χ4n) is 1.16. The van der Waals surface area contributed by atoms with Gasteiger partial charge in [-0.2, -0.15) is 8.78 Å². The number of benzene rings is 1. The molecule has 1 aromatic rings. The normalized spacial score (nSPS) is 12.3. The standard InChI is InChI=1S/C11H13F2NO3/c1-7(15)6-14-10(16)8-3-2-4-9(5-8)17-11(12)13/h2-5,7,11,15H,6H2,1H3,(H,14,16)/t7-/m0/s1. The van der Waals surface area contributed by atoms with E-state index in [1.165, 1.54) is 31.2 Å². The molecule has 0 radical (unpaired) electrons. The summed E-state index contributed by atoms with van der Waals surface area (Å²) in [6.07, 6.45) is -0.667. The smallest absolute Gasteiger partial charge is 0.387 e. The van der Waals surface area contributed by atoms with Crippen LogP contribution in [0.3, 0.4) is 0 Å². The molecule has 0 heterocycles. The lowest BCUT2D eigenvalue weighted by atomic mass is 10.2. The maximum atomic E-state index is 12.0. The Balaban J connectivity index is 2.67. The first-order chi connectivity index (χ1) is 7.99. The first-order valence-corrected chi connectivity index (χ1v) is 5.00. The van der Waals surface area contributed by atoms with Crippen molar-refractivity contribution in [2.45, 2.75) is 19.6 Å². The summed E-state index contributed by atoms with van der Waals surface area (Å²) in [5.41, 5.74) is 0.198. The van der Waals surface area contributed by atoms with Gasteiger partial charge in [-0.1, -0.05) is 6.07 Å². The van der Waals surface area contributed by atoms with Crippen LogP contribution in [0.4, 0.5) is 8.78 Å². The molecule has 1 rings (SSSR count). The maximum Gasteiger partial charge on any atom is 0.387 e. The molecule has 0 aliphatic carbocycles. The Labute approximate surface area is 97.2 Å². The number of carbonyl (C=O) groups excluding carboxylic acids is 1. The monoisotopic (exact) mass is 245 g/mol. The summed E-state index contributed by atoms with van der Waals surface area (Å²) in [5, 5.41) is 11.4. The Bertz CT molecular complexity index is 383. The molecule has 1 atom stereocenters. The lowest BCUT2D eigenvalue weighted by Crippen LogP contribution is -2.30. The molecule has 0 spiro atoms. The number of nitrogens with one attached hydrogen (secondary N) is 1. The summed E-state index contributed by atoms with van der Waals surface area (Å²) in [7, 11) is 0. The number of aliphatic hydroxyl groups excluding tert-OH is 1. The molecule has 1 aromatic carbocycles. The summed E-state index contributed by atoms with van der Waals surface area (Å²) < 4.78 is 28.1. The van der Waals surface area contributed by atoms with E-state index in [1.807, 2.05) is 0 Å². The van der Waals surface area contributed by atoms with Crippen molar-refractivity contribution in [3.05, 3.63) is 29.8 Å². The average molecular weight is 245 g/mol. The van der Waals surface area contributed by atoms with Gasteiger partial charge in [-0.05, 0) is 25.1 Å². The molecule has 17 heavy (non-hydrogen) atoms. The minimum Gasteiger partial charge on any atom is -0.435 e. The minimum atomic E-state index is -2.93. The summed E-state index contributed by atoms with van der Waals surface area (Å²) in [6, 6.07) is 5.45. The van der Waals surface area contributed by atoms with E-state index >= 15 is 0 Å². The number of rotatable bonds is 5. The van der Waals surface area contributed by atoms with Gasteiger partial charge in [0.05, 0.1) is 6.10 Å². The molecule has 0 bridgehead atoms. The summed E-state index contributed by atoms with van der Waals surface area (Å²) in [4.78, 5) is 11.5. The predicted molar refractivity (Wildman–Crippen MR) is 57.1 cm³/mol. The molecular weight excluding hydrogens is 232 g/mol. The van der Waals surface area contributed by atoms with Crippen molar-refractivity contribution in [1.29, 1.82) is 0 Å². The molecule has 6 heteroatoms. The highest BCUT2D eigenvalue weighted by Crippen LogP contribution is 2.15. The van der Waals surface area contributed by atoms with Gasteiger partial charge in [0.15, 0.2) is 0 Å². The Kier molecular flexibility index (Phi) is 4.84. The van der Waals surface area contributed by atoms with Gasteiger partial charge in [0.2, 0.25) is 0 Å². The number of amides is 1. The van der Waals surface area contributed by atoms with Crippen LogP contribution in [-0.4, -0.2) is 30.3 Å². The molecule has 1 amide bonds. The Morgan fingerprint density at radius 2 is 2.24 bits per heavy atom. The molecule has 4 nitrogen and oxygen atoms in total. The fourth-order valence-corrected chi connectivity index (χ4v) is 1.16. The summed E-state index contributed by atoms with van der Waals surface area (Å²) in [6.45, 7) is -1.30. The third-order valence-corrected chi connectivity index (χ3v) is 1.88. The van der Waals surface area contributed by atoms with Gasteiger partial charge in [-0.15, -0.1) is 0 Å². The van der Waals surface area contributed by atoms with Gasteiger partial charge in [-0.25, -0.2) is 0 Å². The van der Waals surface area contributed by atoms with Crippen molar-refractivity contribution in [3.8, 4) is 5.75 Å². The van der Waals surface area contributed by atoms with Gasteiger partial charge >= 0.3 is 6.61 Å². The highest BCUT2D eigenvalue weighted by atomic mass is 19.3. The largest absolute Gasteiger partial charge is 0.435 e. The number of hydrogen-bond donors (Lipinski definition) is 2. The van der Waals surface area contributed by atoms with Crippen LogP contribution in [-0.2, 0) is 0 Å². The maximum absolute atomic E-state index is 12.0. The van der Waals surface area contributed by atoms with E-state index in [9.17, 15) is 13.6 Å². The molecule has 94 valence electrons. The number of aliphatic hydroxyl groups is 1. The van der Waals surface area contributed by atoms with Crippen LogP contribution in [0.5, 0.6) is 5.75 Å². The SMILES string of the molecule is C[C@H](O)CNC(=O)c1cccc(OC(F)F)c1. The average Bonchev–Trinajstić information content (AvgIpc) is 2.25. The second-order valence-corrected chi connectivity index (χ2v) is 3.47. The number of hydrogen-bond acceptors (Lipinski definition) is 3. The third kappa shape index (κ3) is 4.78. The van der Waals surface area contributed by atoms with Crippen LogP contribution >= 0.6 is 0 Å². The molecule has 0 unspecified atom stereocenters. The first-order valence-electron chi connectivity index (χ1n) is 5.00. The molecule has 0 aliphatic heterocycles. The Morgan fingerprint density at radius 3 is 2.82 bits per heavy atom. The van der Waals surface area contributed by atoms with Crippen molar-refractivity contribution >= 4 is 5.91 Å². The van der Waals surface area contributed by atoms with Crippen LogP contribution < -0.4 is 10.1 Å². The summed E-state index contributed by atoms with van der Waals surface area (Å²) >= 11 is 0. The van der Waals surface area contributed by atoms with Crippen LogP contribution in [0.2, 0.25) is 0 Å². The van der Waals surface area contributed by atoms with Crippen molar-refractivity contribution in [2.24, 2.45) is 0 Å². The van der Waals surface area contributed by atoms with Crippen molar-refractivity contribution in [2.75, 3.05) is 6.54 Å². The minimum absolute atomic E-state index is 0.0790. The van der Waals surface area contributed by atoms with E-state index in [1.54, 1.807) is 0 Å². The number of carbonyl (C=O) groups is 1. The van der Waals surface area contributed by atoms with Gasteiger partial charge in [0.1, 0.15) is 5.75 Å². The number of halogens is 2. The molecule has 0 saturated carbocycles. The van der Waals surface area contributed by atoms with Crippen LogP contribution in [0.15, 0.2) is 24.3 Å². The first kappa shape index (κ1) is 13.4. The second kappa shape index (κ2) is 6.15. The van der Waals surface area contributed by atoms with Gasteiger partial charge in [-0.3, -0.25) is 4.79 Å². The molecule has 2 N–H and O–H groups in total. The lowest BCUT2D eigenvalue weighted by molar-refractivity contribution is -0.0498. The highest BCUT2D eigenvalue weighted by Gasteiger charge is 2.09. The molecular formula is C11H13F2NO3. The van der Waals surface area contributed by atoms with Gasteiger partial charge in [0, 0.05) is 12.1 Å². The Hall–Kier alpha value is -1.69. The fraction of sp³-hybridized carbons (Fsp3) is 0.364. The van der Waals surface area contributed by atoms with Crippen molar-refractivity contribution in [3.63, 3.8) is 0 Å². The molecule has 0 aromatic heterocycles. The highest BCUT2D eigenvalue weighted by molar-refractivity contribution is 5.94. The van der Waals surface area contributed by atoms with Gasteiger partial charge in [0.25, 0.3) is 5.91 Å². The topological polar surface area (TPSA) is 58.6 Å². The third-order valence-electron chi connectivity index (χ3n) is 1.88. The summed E-state index contributed by atoms with van der Waals surface area (Å²) in [5.74, 6) is -0.532. The van der Waals surface area contributed by atoms with E-state index in [0.29, 0.717) is 0 Å². The molecule has 0 aliphatic rings. The van der Waals surface area contributed by atoms with E-state index in [2.05, 4.69) is 10.1 Å². The zero-order chi connectivity index (χ0) is 12.8. The van der Waals surface area contributed by atoms with E-state index < -0.39 is 18.6 Å². The molecule has 0 fully saturated rings. The van der Waals surface area contributed by atoms with Gasteiger partial charge < -0.3 is 15.2 Å². The lowest BCUT2D eigenvalue weighted by Gasteiger charge is -2.08. The molecule has 0 saturated heterocycles. The number of ether oxygens (including phenoxy) is 1. The van der Waals surface area contributed by atoms with E-state index in [0.717, 1.165) is 0 Å². The van der Waals surface area contributed by atoms with Crippen LogP contribution in [0.1, 0.15) is 17.3 Å². The van der Waals surface area contributed by atoms with Crippen molar-refractivity contribution < 1.29 is 23.4 Å². The van der Waals surface area contributed by atoms with E-state index in [4.69, 9.17) is 5.11 Å². The van der Waals surface area contributed by atoms with Crippen molar-refractivity contribution in [1.82, 2.24) is 5.32 Å². The Morgan fingerprint density at radius 1 is 1.53 bits per heavy atom. The zero-order valence-electron chi connectivity index (χ0n) is 9.19. The number of alkyl halides is 2. The van der Waals surface area contributed by atoms with E-state index in [-0.39, 0.29) is 17.9 Å². The van der Waals surface area contributed by atoms with Crippen LogP contribution in [0.25, 0.3) is 0 Å².